The molecule has 0 amide bonds. The Morgan fingerprint density at radius 2 is 1.73 bits per heavy atom. The number of fused-ring (bicyclic) bond motifs is 3. The number of nitrogens with two attached hydrogens (primary N) is 1. The first-order chi connectivity index (χ1) is 14.6. The smallest absolute Gasteiger partial charge is 0.326 e. The van der Waals surface area contributed by atoms with E-state index in [2.05, 4.69) is 51.1 Å². The summed E-state index contributed by atoms with van der Waals surface area (Å²) in [5.41, 5.74) is 10.5. The fraction of sp³-hybridized carbons (Fsp3) is 0.304. The fourth-order valence-electron chi connectivity index (χ4n) is 4.32. The maximum absolute atomic E-state index is 12.8. The van der Waals surface area contributed by atoms with E-state index in [9.17, 15) is 4.79 Å². The van der Waals surface area contributed by atoms with Gasteiger partial charge in [-0.3, -0.25) is 9.47 Å². The van der Waals surface area contributed by atoms with Gasteiger partial charge in [0.25, 0.3) is 0 Å². The van der Waals surface area contributed by atoms with Crippen LogP contribution in [0.15, 0.2) is 53.3 Å². The number of hydrogen-bond acceptors (Lipinski definition) is 5. The lowest BCUT2D eigenvalue weighted by Gasteiger charge is -2.32. The molecule has 1 saturated heterocycles. The van der Waals surface area contributed by atoms with Gasteiger partial charge >= 0.3 is 5.69 Å². The van der Waals surface area contributed by atoms with E-state index in [-0.39, 0.29) is 5.69 Å². The molecule has 2 aromatic carbocycles. The second-order valence-electron chi connectivity index (χ2n) is 8.15. The van der Waals surface area contributed by atoms with Crippen molar-refractivity contribution >= 4 is 27.8 Å². The van der Waals surface area contributed by atoms with E-state index in [1.165, 1.54) is 5.56 Å². The molecule has 0 spiro atoms. The lowest BCUT2D eigenvalue weighted by atomic mass is 10.1. The number of likely N-dealkylation sites (N-methyl/N-ethyl adjacent to an activating group) is 1. The van der Waals surface area contributed by atoms with Crippen molar-refractivity contribution in [3.63, 3.8) is 0 Å². The van der Waals surface area contributed by atoms with E-state index in [1.54, 1.807) is 4.57 Å². The summed E-state index contributed by atoms with van der Waals surface area (Å²) < 4.78 is 1.77. The fourth-order valence-corrected chi connectivity index (χ4v) is 4.32. The molecule has 1 fully saturated rings. The van der Waals surface area contributed by atoms with E-state index in [0.717, 1.165) is 54.7 Å². The predicted octanol–water partition coefficient (Wildman–Crippen LogP) is 2.26. The van der Waals surface area contributed by atoms with Gasteiger partial charge in [0.05, 0.1) is 17.6 Å². The Labute approximate surface area is 174 Å². The number of nitrogens with one attached hydrogen (secondary N) is 1. The lowest BCUT2D eigenvalue weighted by molar-refractivity contribution is 0.148. The van der Waals surface area contributed by atoms with Crippen LogP contribution in [0.2, 0.25) is 0 Å². The first-order valence-corrected chi connectivity index (χ1v) is 10.3. The molecule has 0 atom stereocenters. The SMILES string of the molecule is CN1CCN(Cc2cccc(Cn3c(=O)[nH]c4c(N)nc5ccccc5c43)c2)CC1. The molecule has 0 aliphatic carbocycles. The molecule has 0 saturated carbocycles. The van der Waals surface area contributed by atoms with Crippen molar-refractivity contribution in [1.82, 2.24) is 24.3 Å². The molecule has 7 heteroatoms. The highest BCUT2D eigenvalue weighted by molar-refractivity contribution is 6.06. The maximum Gasteiger partial charge on any atom is 0.326 e. The second kappa shape index (κ2) is 7.59. The van der Waals surface area contributed by atoms with Crippen molar-refractivity contribution in [1.29, 1.82) is 0 Å². The van der Waals surface area contributed by atoms with Crippen molar-refractivity contribution in [2.75, 3.05) is 39.0 Å². The van der Waals surface area contributed by atoms with Crippen LogP contribution >= 0.6 is 0 Å². The van der Waals surface area contributed by atoms with Gasteiger partial charge in [-0.05, 0) is 24.2 Å². The Morgan fingerprint density at radius 3 is 2.53 bits per heavy atom. The number of para-hydroxylation sites is 1. The molecule has 1 aliphatic heterocycles. The highest BCUT2D eigenvalue weighted by Gasteiger charge is 2.16. The van der Waals surface area contributed by atoms with E-state index >= 15 is 0 Å². The van der Waals surface area contributed by atoms with E-state index < -0.39 is 0 Å². The van der Waals surface area contributed by atoms with Gasteiger partial charge in [-0.2, -0.15) is 0 Å². The van der Waals surface area contributed by atoms with Crippen LogP contribution < -0.4 is 11.4 Å². The van der Waals surface area contributed by atoms with Gasteiger partial charge in [0.1, 0.15) is 11.3 Å². The van der Waals surface area contributed by atoms with Gasteiger partial charge in [-0.1, -0.05) is 42.5 Å². The highest BCUT2D eigenvalue weighted by Crippen LogP contribution is 2.26. The Hall–Kier alpha value is -3.16. The van der Waals surface area contributed by atoms with Crippen LogP contribution in [0, 0.1) is 0 Å². The molecule has 0 bridgehead atoms. The number of aromatic nitrogens is 3. The molecule has 5 rings (SSSR count). The second-order valence-corrected chi connectivity index (χ2v) is 8.15. The van der Waals surface area contributed by atoms with Crippen LogP contribution in [0.3, 0.4) is 0 Å². The van der Waals surface area contributed by atoms with Crippen molar-refractivity contribution in [2.24, 2.45) is 0 Å². The van der Waals surface area contributed by atoms with Crippen molar-refractivity contribution in [3.05, 3.63) is 70.1 Å². The number of rotatable bonds is 4. The quantitative estimate of drug-likeness (QED) is 0.547. The maximum atomic E-state index is 12.8. The number of benzene rings is 2. The standard InChI is InChI=1S/C23H26N6O/c1-27-9-11-28(12-10-27)14-16-5-4-6-17(13-16)15-29-21-18-7-2-3-8-19(18)25-22(24)20(21)26-23(29)30/h2-8,13H,9-12,14-15H2,1H3,(H2,24,25)(H,26,30). The Bertz CT molecular complexity index is 1270. The molecule has 1 aliphatic rings. The van der Waals surface area contributed by atoms with E-state index in [0.29, 0.717) is 17.9 Å². The Morgan fingerprint density at radius 1 is 1.00 bits per heavy atom. The summed E-state index contributed by atoms with van der Waals surface area (Å²) in [5, 5.41) is 0.925. The minimum atomic E-state index is -0.167. The molecule has 30 heavy (non-hydrogen) atoms. The molecule has 0 radical (unpaired) electrons. The first-order valence-electron chi connectivity index (χ1n) is 10.3. The largest absolute Gasteiger partial charge is 0.382 e. The molecular weight excluding hydrogens is 376 g/mol. The van der Waals surface area contributed by atoms with Gasteiger partial charge < -0.3 is 15.6 Å². The van der Waals surface area contributed by atoms with Crippen LogP contribution in [0.25, 0.3) is 21.9 Å². The minimum absolute atomic E-state index is 0.167. The topological polar surface area (TPSA) is 83.2 Å². The van der Waals surface area contributed by atoms with Gasteiger partial charge in [-0.25, -0.2) is 9.78 Å². The Balaban J connectivity index is 1.49. The third-order valence-electron chi connectivity index (χ3n) is 5.97. The van der Waals surface area contributed by atoms with Gasteiger partial charge in [0.15, 0.2) is 0 Å². The van der Waals surface area contributed by atoms with Gasteiger partial charge in [0.2, 0.25) is 0 Å². The molecule has 3 heterocycles. The summed E-state index contributed by atoms with van der Waals surface area (Å²) in [5.74, 6) is 0.350. The summed E-state index contributed by atoms with van der Waals surface area (Å²) in [6, 6.07) is 16.3. The third-order valence-corrected chi connectivity index (χ3v) is 5.97. The summed E-state index contributed by atoms with van der Waals surface area (Å²) in [6.07, 6.45) is 0. The normalized spacial score (nSPS) is 15.9. The van der Waals surface area contributed by atoms with Gasteiger partial charge in [-0.15, -0.1) is 0 Å². The zero-order valence-corrected chi connectivity index (χ0v) is 17.1. The number of H-pyrrole nitrogens is 1. The van der Waals surface area contributed by atoms with Gasteiger partial charge in [0, 0.05) is 38.1 Å². The van der Waals surface area contributed by atoms with Crippen LogP contribution in [-0.2, 0) is 13.1 Å². The minimum Gasteiger partial charge on any atom is -0.382 e. The average Bonchev–Trinajstić information content (AvgIpc) is 3.07. The molecule has 4 aromatic rings. The molecule has 3 N–H and O–H groups in total. The number of imidazole rings is 1. The lowest BCUT2D eigenvalue weighted by Crippen LogP contribution is -2.43. The zero-order chi connectivity index (χ0) is 20.7. The van der Waals surface area contributed by atoms with Crippen LogP contribution in [0.5, 0.6) is 0 Å². The molecule has 7 nitrogen and oxygen atoms in total. The zero-order valence-electron chi connectivity index (χ0n) is 17.1. The number of aromatic amines is 1. The number of pyridine rings is 1. The number of hydrogen-bond donors (Lipinski definition) is 2. The molecule has 2 aromatic heterocycles. The van der Waals surface area contributed by atoms with Crippen molar-refractivity contribution < 1.29 is 0 Å². The summed E-state index contributed by atoms with van der Waals surface area (Å²) in [7, 11) is 2.17. The number of nitrogens with zero attached hydrogens (tertiary/aromatic N) is 4. The Kier molecular flexibility index (Phi) is 4.77. The van der Waals surface area contributed by atoms with E-state index in [1.807, 2.05) is 24.3 Å². The average molecular weight is 403 g/mol. The number of nitrogen functional groups attached to an aromatic ring is 1. The first kappa shape index (κ1) is 18.8. The van der Waals surface area contributed by atoms with Crippen LogP contribution in [-0.4, -0.2) is 57.6 Å². The monoisotopic (exact) mass is 402 g/mol. The van der Waals surface area contributed by atoms with Crippen LogP contribution in [0.1, 0.15) is 11.1 Å². The number of piperazine rings is 1. The highest BCUT2D eigenvalue weighted by atomic mass is 16.1. The molecular formula is C23H26N6O. The summed E-state index contributed by atoms with van der Waals surface area (Å²) >= 11 is 0. The van der Waals surface area contributed by atoms with Crippen molar-refractivity contribution in [3.8, 4) is 0 Å². The predicted molar refractivity (Wildman–Crippen MR) is 121 cm³/mol. The third kappa shape index (κ3) is 3.46. The summed E-state index contributed by atoms with van der Waals surface area (Å²) in [4.78, 5) is 25.0. The van der Waals surface area contributed by atoms with E-state index in [4.69, 9.17) is 5.73 Å². The molecule has 0 unspecified atom stereocenters. The molecule has 154 valence electrons. The van der Waals surface area contributed by atoms with Crippen molar-refractivity contribution in [2.45, 2.75) is 13.1 Å². The number of anilines is 1. The van der Waals surface area contributed by atoms with Crippen LogP contribution in [0.4, 0.5) is 5.82 Å². The summed E-state index contributed by atoms with van der Waals surface area (Å²) in [6.45, 7) is 5.80.